The molecule has 1 aliphatic carbocycles. The third kappa shape index (κ3) is 3.31. The Morgan fingerprint density at radius 3 is 2.54 bits per heavy atom. The topological polar surface area (TPSA) is 135 Å². The summed E-state index contributed by atoms with van der Waals surface area (Å²) in [6, 6.07) is 0. The summed E-state index contributed by atoms with van der Waals surface area (Å²) < 4.78 is 21.8. The fourth-order valence-electron chi connectivity index (χ4n) is 3.67. The van der Waals surface area contributed by atoms with Crippen molar-refractivity contribution in [2.75, 3.05) is 20.3 Å². The van der Waals surface area contributed by atoms with Crippen LogP contribution in [0.3, 0.4) is 0 Å². The van der Waals surface area contributed by atoms with Crippen molar-refractivity contribution in [3.8, 4) is 0 Å². The molecule has 0 spiro atoms. The van der Waals surface area contributed by atoms with Gasteiger partial charge in [-0.1, -0.05) is 5.57 Å². The van der Waals surface area contributed by atoms with Gasteiger partial charge in [-0.05, 0) is 13.0 Å². The molecule has 2 heterocycles. The fourth-order valence-corrected chi connectivity index (χ4v) is 3.67. The quantitative estimate of drug-likeness (QED) is 0.452. The molecule has 0 amide bonds. The third-order valence-corrected chi connectivity index (χ3v) is 5.04. The number of aliphatic hydroxyl groups excluding tert-OH is 4. The molecule has 26 heavy (non-hydrogen) atoms. The van der Waals surface area contributed by atoms with Crippen LogP contribution in [0.4, 0.5) is 0 Å². The molecule has 146 valence electrons. The summed E-state index contributed by atoms with van der Waals surface area (Å²) in [5, 5.41) is 39.1. The van der Waals surface area contributed by atoms with Gasteiger partial charge in [-0.3, -0.25) is 4.79 Å². The van der Waals surface area contributed by atoms with Crippen molar-refractivity contribution in [3.05, 3.63) is 23.5 Å². The van der Waals surface area contributed by atoms with Crippen LogP contribution in [0.2, 0.25) is 0 Å². The minimum atomic E-state index is -1.55. The largest absolute Gasteiger partial charge is 0.472 e. The van der Waals surface area contributed by atoms with Gasteiger partial charge >= 0.3 is 0 Å². The number of ether oxygens (including phenoxy) is 4. The first kappa shape index (κ1) is 19.4. The van der Waals surface area contributed by atoms with Crippen LogP contribution in [-0.2, 0) is 23.7 Å². The summed E-state index contributed by atoms with van der Waals surface area (Å²) in [4.78, 5) is 12.3. The molecule has 0 bridgehead atoms. The molecule has 1 saturated heterocycles. The minimum Gasteiger partial charge on any atom is -0.472 e. The Hall–Kier alpha value is -1.33. The Kier molecular flexibility index (Phi) is 5.78. The van der Waals surface area contributed by atoms with Gasteiger partial charge in [0.2, 0.25) is 6.29 Å². The molecule has 0 aromatic carbocycles. The minimum absolute atomic E-state index is 0.0819. The van der Waals surface area contributed by atoms with Crippen molar-refractivity contribution >= 4 is 5.78 Å². The van der Waals surface area contributed by atoms with E-state index in [0.29, 0.717) is 5.57 Å². The molecule has 9 heteroatoms. The zero-order valence-corrected chi connectivity index (χ0v) is 14.5. The van der Waals surface area contributed by atoms with E-state index in [1.807, 2.05) is 0 Å². The van der Waals surface area contributed by atoms with Crippen molar-refractivity contribution in [1.82, 2.24) is 0 Å². The number of methoxy groups -OCH3 is 1. The van der Waals surface area contributed by atoms with Gasteiger partial charge in [0.15, 0.2) is 12.1 Å². The lowest BCUT2D eigenvalue weighted by Crippen LogP contribution is -2.60. The van der Waals surface area contributed by atoms with Gasteiger partial charge in [0.05, 0.1) is 31.3 Å². The number of allylic oxidation sites excluding steroid dienone is 1. The Morgan fingerprint density at radius 2 is 1.88 bits per heavy atom. The molecular weight excluding hydrogens is 348 g/mol. The zero-order chi connectivity index (χ0) is 19.0. The van der Waals surface area contributed by atoms with E-state index in [-0.39, 0.29) is 12.4 Å². The van der Waals surface area contributed by atoms with E-state index in [1.165, 1.54) is 19.4 Å². The molecule has 0 aromatic heterocycles. The molecule has 1 fully saturated rings. The fraction of sp³-hybridized carbons (Fsp3) is 0.706. The molecule has 0 radical (unpaired) electrons. The number of fused-ring (bicyclic) bond motifs is 1. The van der Waals surface area contributed by atoms with Crippen molar-refractivity contribution in [2.24, 2.45) is 11.8 Å². The third-order valence-electron chi connectivity index (χ3n) is 5.04. The number of rotatable bonds is 5. The predicted octanol–water partition coefficient (Wildman–Crippen LogP) is -1.55. The van der Waals surface area contributed by atoms with E-state index < -0.39 is 55.4 Å². The predicted molar refractivity (Wildman–Crippen MR) is 85.4 cm³/mol. The van der Waals surface area contributed by atoms with Crippen molar-refractivity contribution in [2.45, 2.75) is 43.9 Å². The molecule has 8 atom stereocenters. The molecule has 0 aromatic rings. The van der Waals surface area contributed by atoms with E-state index in [4.69, 9.17) is 18.9 Å². The van der Waals surface area contributed by atoms with E-state index in [1.54, 1.807) is 6.92 Å². The van der Waals surface area contributed by atoms with E-state index in [0.717, 1.165) is 5.57 Å². The van der Waals surface area contributed by atoms with Crippen LogP contribution < -0.4 is 0 Å². The average molecular weight is 372 g/mol. The van der Waals surface area contributed by atoms with Crippen molar-refractivity contribution in [3.63, 3.8) is 0 Å². The van der Waals surface area contributed by atoms with Crippen molar-refractivity contribution in [1.29, 1.82) is 0 Å². The van der Waals surface area contributed by atoms with Gasteiger partial charge in [0.25, 0.3) is 0 Å². The normalized spacial score (nSPS) is 42.8. The number of aliphatic hydroxyl groups is 4. The van der Waals surface area contributed by atoms with Crippen LogP contribution in [0.15, 0.2) is 23.5 Å². The molecular formula is C17H24O9. The Labute approximate surface area is 150 Å². The van der Waals surface area contributed by atoms with E-state index in [9.17, 15) is 25.2 Å². The standard InChI is InChI=1S/C17H24O9/c1-7-3-9(19)12-8(5-23-2)6-24-16(11(7)12)26-17-15(22)14(21)13(20)10(4-18)25-17/h3,6,10-18,20-22H,4-5H2,1-2H3/t10?,11-,12+,13-,14?,15+,16+,17-/m1/s1. The van der Waals surface area contributed by atoms with Crippen LogP contribution in [0.1, 0.15) is 6.92 Å². The van der Waals surface area contributed by atoms with Crippen LogP contribution in [0, 0.1) is 11.8 Å². The van der Waals surface area contributed by atoms with Gasteiger partial charge in [0, 0.05) is 12.7 Å². The maximum absolute atomic E-state index is 12.3. The summed E-state index contributed by atoms with van der Waals surface area (Å²) in [5.74, 6) is -0.995. The van der Waals surface area contributed by atoms with Gasteiger partial charge in [-0.15, -0.1) is 0 Å². The molecule has 9 nitrogen and oxygen atoms in total. The Bertz CT molecular complexity index is 599. The number of ketones is 1. The molecule has 2 aliphatic heterocycles. The van der Waals surface area contributed by atoms with Crippen LogP contribution in [-0.4, -0.2) is 83.5 Å². The maximum atomic E-state index is 12.3. The molecule has 4 N–H and O–H groups in total. The van der Waals surface area contributed by atoms with Crippen LogP contribution in [0.25, 0.3) is 0 Å². The lowest BCUT2D eigenvalue weighted by atomic mass is 9.83. The Morgan fingerprint density at radius 1 is 1.15 bits per heavy atom. The first-order chi connectivity index (χ1) is 12.4. The average Bonchev–Trinajstić information content (AvgIpc) is 2.92. The van der Waals surface area contributed by atoms with Gasteiger partial charge in [-0.2, -0.15) is 0 Å². The monoisotopic (exact) mass is 372 g/mol. The zero-order valence-electron chi connectivity index (χ0n) is 14.5. The second-order valence-electron chi connectivity index (χ2n) is 6.76. The smallest absolute Gasteiger partial charge is 0.209 e. The second-order valence-corrected chi connectivity index (χ2v) is 6.76. The SMILES string of the molecule is COCC1=CO[C@@H](O[C@H]2OC(CO)[C@@H](O)C(O)[C@@H]2O)[C@@H]2C(C)=CC(=O)[C@H]12. The summed E-state index contributed by atoms with van der Waals surface area (Å²) >= 11 is 0. The molecule has 2 unspecified atom stereocenters. The molecule has 3 rings (SSSR count). The lowest BCUT2D eigenvalue weighted by molar-refractivity contribution is -0.339. The second kappa shape index (κ2) is 7.73. The highest BCUT2D eigenvalue weighted by Gasteiger charge is 2.50. The van der Waals surface area contributed by atoms with E-state index >= 15 is 0 Å². The number of carbonyl (C=O) groups is 1. The van der Waals surface area contributed by atoms with Crippen LogP contribution in [0.5, 0.6) is 0 Å². The van der Waals surface area contributed by atoms with Gasteiger partial charge < -0.3 is 39.4 Å². The first-order valence-corrected chi connectivity index (χ1v) is 8.40. The van der Waals surface area contributed by atoms with E-state index in [2.05, 4.69) is 0 Å². The summed E-state index contributed by atoms with van der Waals surface area (Å²) in [6.45, 7) is 1.46. The number of hydrogen-bond acceptors (Lipinski definition) is 9. The highest BCUT2D eigenvalue weighted by molar-refractivity contribution is 5.97. The number of hydrogen-bond donors (Lipinski definition) is 4. The summed E-state index contributed by atoms with van der Waals surface area (Å²) in [7, 11) is 1.52. The molecule has 3 aliphatic rings. The lowest BCUT2D eigenvalue weighted by Gasteiger charge is -2.42. The Balaban J connectivity index is 1.79. The highest BCUT2D eigenvalue weighted by atomic mass is 16.8. The summed E-state index contributed by atoms with van der Waals surface area (Å²) in [6.07, 6.45) is -4.99. The van der Waals surface area contributed by atoms with Gasteiger partial charge in [-0.25, -0.2) is 0 Å². The highest BCUT2D eigenvalue weighted by Crippen LogP contribution is 2.42. The first-order valence-electron chi connectivity index (χ1n) is 8.40. The van der Waals surface area contributed by atoms with Crippen molar-refractivity contribution < 1.29 is 44.2 Å². The van der Waals surface area contributed by atoms with Crippen LogP contribution >= 0.6 is 0 Å². The maximum Gasteiger partial charge on any atom is 0.209 e. The molecule has 0 saturated carbocycles. The summed E-state index contributed by atoms with van der Waals surface area (Å²) in [5.41, 5.74) is 1.44. The van der Waals surface area contributed by atoms with Gasteiger partial charge in [0.1, 0.15) is 24.4 Å². The number of carbonyl (C=O) groups excluding carboxylic acids is 1.